The third-order valence-corrected chi connectivity index (χ3v) is 4.20. The molecule has 1 fully saturated rings. The average molecular weight is 314 g/mol. The number of halogens is 1. The van der Waals surface area contributed by atoms with Crippen LogP contribution in [-0.2, 0) is 0 Å². The highest BCUT2D eigenvalue weighted by molar-refractivity contribution is 6.30. The van der Waals surface area contributed by atoms with Gasteiger partial charge in [-0.25, -0.2) is 15.0 Å². The van der Waals surface area contributed by atoms with Crippen LogP contribution in [0.3, 0.4) is 0 Å². The third-order valence-electron chi connectivity index (χ3n) is 3.98. The Hall–Kier alpha value is -1.98. The SMILES string of the molecule is Cc1cc(-c2cnc3ccc(Cl)cn23)nc(C2CCCN2)n1. The van der Waals surface area contributed by atoms with Crippen molar-refractivity contribution in [3.63, 3.8) is 0 Å². The summed E-state index contributed by atoms with van der Waals surface area (Å²) in [4.78, 5) is 13.8. The fourth-order valence-electron chi connectivity index (χ4n) is 2.93. The second kappa shape index (κ2) is 5.34. The molecule has 1 saturated heterocycles. The molecule has 4 heterocycles. The molecule has 1 unspecified atom stereocenters. The van der Waals surface area contributed by atoms with Gasteiger partial charge in [0, 0.05) is 11.9 Å². The minimum absolute atomic E-state index is 0.251. The molecule has 1 atom stereocenters. The zero-order chi connectivity index (χ0) is 15.1. The number of nitrogens with one attached hydrogen (secondary N) is 1. The second-order valence-electron chi connectivity index (χ2n) is 5.62. The van der Waals surface area contributed by atoms with Crippen LogP contribution >= 0.6 is 11.6 Å². The largest absolute Gasteiger partial charge is 0.307 e. The van der Waals surface area contributed by atoms with Crippen molar-refractivity contribution in [3.05, 3.63) is 47.1 Å². The molecule has 1 N–H and O–H groups in total. The summed E-state index contributed by atoms with van der Waals surface area (Å²) in [7, 11) is 0. The van der Waals surface area contributed by atoms with Crippen LogP contribution in [0.15, 0.2) is 30.6 Å². The van der Waals surface area contributed by atoms with Crippen LogP contribution in [0.2, 0.25) is 5.02 Å². The Morgan fingerprint density at radius 3 is 3.05 bits per heavy atom. The second-order valence-corrected chi connectivity index (χ2v) is 6.06. The number of aromatic nitrogens is 4. The van der Waals surface area contributed by atoms with Crippen molar-refractivity contribution in [2.45, 2.75) is 25.8 Å². The van der Waals surface area contributed by atoms with Crippen LogP contribution in [0.5, 0.6) is 0 Å². The lowest BCUT2D eigenvalue weighted by Gasteiger charge is -2.11. The van der Waals surface area contributed by atoms with Gasteiger partial charge in [0.25, 0.3) is 0 Å². The summed E-state index contributed by atoms with van der Waals surface area (Å²) in [6.07, 6.45) is 5.95. The normalized spacial score (nSPS) is 18.2. The quantitative estimate of drug-likeness (QED) is 0.789. The van der Waals surface area contributed by atoms with Gasteiger partial charge < -0.3 is 5.32 Å². The first kappa shape index (κ1) is 13.7. The Bertz CT molecular complexity index is 836. The van der Waals surface area contributed by atoms with Crippen molar-refractivity contribution in [3.8, 4) is 11.4 Å². The Balaban J connectivity index is 1.85. The number of hydrogen-bond acceptors (Lipinski definition) is 4. The van der Waals surface area contributed by atoms with E-state index in [1.54, 1.807) is 0 Å². The first-order valence-electron chi connectivity index (χ1n) is 7.43. The lowest BCUT2D eigenvalue weighted by atomic mass is 10.2. The van der Waals surface area contributed by atoms with E-state index in [0.29, 0.717) is 5.02 Å². The van der Waals surface area contributed by atoms with Gasteiger partial charge in [0.2, 0.25) is 0 Å². The number of rotatable bonds is 2. The van der Waals surface area contributed by atoms with Crippen molar-refractivity contribution in [1.29, 1.82) is 0 Å². The van der Waals surface area contributed by atoms with Gasteiger partial charge in [0.1, 0.15) is 11.5 Å². The van der Waals surface area contributed by atoms with E-state index in [4.69, 9.17) is 16.6 Å². The van der Waals surface area contributed by atoms with Gasteiger partial charge in [-0.3, -0.25) is 4.40 Å². The Morgan fingerprint density at radius 1 is 1.32 bits per heavy atom. The summed E-state index contributed by atoms with van der Waals surface area (Å²) in [5.74, 6) is 0.865. The number of imidazole rings is 1. The summed E-state index contributed by atoms with van der Waals surface area (Å²) >= 11 is 6.11. The monoisotopic (exact) mass is 313 g/mol. The molecule has 0 saturated carbocycles. The maximum absolute atomic E-state index is 6.11. The number of pyridine rings is 1. The molecular formula is C16H16ClN5. The highest BCUT2D eigenvalue weighted by Gasteiger charge is 2.20. The summed E-state index contributed by atoms with van der Waals surface area (Å²) in [6, 6.07) is 5.98. The maximum atomic E-state index is 6.11. The Kier molecular flexibility index (Phi) is 3.32. The third kappa shape index (κ3) is 2.36. The van der Waals surface area contributed by atoms with Crippen LogP contribution in [0.1, 0.15) is 30.4 Å². The molecule has 4 rings (SSSR count). The molecule has 22 heavy (non-hydrogen) atoms. The van der Waals surface area contributed by atoms with E-state index in [9.17, 15) is 0 Å². The molecule has 3 aromatic heterocycles. The fourth-order valence-corrected chi connectivity index (χ4v) is 3.09. The van der Waals surface area contributed by atoms with Gasteiger partial charge in [-0.15, -0.1) is 0 Å². The van der Waals surface area contributed by atoms with Crippen LogP contribution in [0.4, 0.5) is 0 Å². The predicted molar refractivity (Wildman–Crippen MR) is 85.9 cm³/mol. The molecule has 0 bridgehead atoms. The topological polar surface area (TPSA) is 55.1 Å². The molecule has 3 aromatic rings. The lowest BCUT2D eigenvalue weighted by Crippen LogP contribution is -2.16. The molecule has 0 spiro atoms. The Morgan fingerprint density at radius 2 is 2.23 bits per heavy atom. The minimum atomic E-state index is 0.251. The van der Waals surface area contributed by atoms with Gasteiger partial charge >= 0.3 is 0 Å². The first-order valence-corrected chi connectivity index (χ1v) is 7.80. The molecular weight excluding hydrogens is 298 g/mol. The summed E-state index contributed by atoms with van der Waals surface area (Å²) in [6.45, 7) is 3.03. The zero-order valence-electron chi connectivity index (χ0n) is 12.3. The van der Waals surface area contributed by atoms with Crippen molar-refractivity contribution >= 4 is 17.2 Å². The van der Waals surface area contributed by atoms with Crippen molar-refractivity contribution in [1.82, 2.24) is 24.7 Å². The van der Waals surface area contributed by atoms with E-state index in [1.165, 1.54) is 6.42 Å². The molecule has 6 heteroatoms. The number of aryl methyl sites for hydroxylation is 1. The van der Waals surface area contributed by atoms with Gasteiger partial charge in [-0.1, -0.05) is 11.6 Å². The Labute approximate surface area is 133 Å². The van der Waals surface area contributed by atoms with E-state index in [-0.39, 0.29) is 6.04 Å². The number of hydrogen-bond donors (Lipinski definition) is 1. The molecule has 5 nitrogen and oxygen atoms in total. The zero-order valence-corrected chi connectivity index (χ0v) is 13.0. The molecule has 0 radical (unpaired) electrons. The molecule has 0 amide bonds. The smallest absolute Gasteiger partial charge is 0.146 e. The van der Waals surface area contributed by atoms with Crippen LogP contribution in [0, 0.1) is 6.92 Å². The highest BCUT2D eigenvalue weighted by Crippen LogP contribution is 2.25. The van der Waals surface area contributed by atoms with E-state index in [1.807, 2.05) is 41.9 Å². The van der Waals surface area contributed by atoms with Crippen molar-refractivity contribution in [2.75, 3.05) is 6.54 Å². The van der Waals surface area contributed by atoms with Gasteiger partial charge in [-0.2, -0.15) is 0 Å². The van der Waals surface area contributed by atoms with Gasteiger partial charge in [0.15, 0.2) is 0 Å². The van der Waals surface area contributed by atoms with Crippen LogP contribution < -0.4 is 5.32 Å². The van der Waals surface area contributed by atoms with E-state index in [0.717, 1.165) is 41.5 Å². The standard InChI is InChI=1S/C16H16ClN5/c1-10-7-13(21-16(20-10)12-3-2-6-18-12)14-8-19-15-5-4-11(17)9-22(14)15/h4-5,7-9,12,18H,2-3,6H2,1H3. The molecule has 0 aromatic carbocycles. The van der Waals surface area contributed by atoms with Gasteiger partial charge in [-0.05, 0) is 44.5 Å². The average Bonchev–Trinajstić information content (AvgIpc) is 3.16. The molecule has 0 aliphatic carbocycles. The lowest BCUT2D eigenvalue weighted by molar-refractivity contribution is 0.603. The van der Waals surface area contributed by atoms with E-state index < -0.39 is 0 Å². The van der Waals surface area contributed by atoms with E-state index >= 15 is 0 Å². The number of fused-ring (bicyclic) bond motifs is 1. The van der Waals surface area contributed by atoms with Crippen molar-refractivity contribution < 1.29 is 0 Å². The predicted octanol–water partition coefficient (Wildman–Crippen LogP) is 3.18. The van der Waals surface area contributed by atoms with Gasteiger partial charge in [0.05, 0.1) is 28.6 Å². The fraction of sp³-hybridized carbons (Fsp3) is 0.312. The van der Waals surface area contributed by atoms with Crippen LogP contribution in [-0.4, -0.2) is 25.9 Å². The summed E-state index contributed by atoms with van der Waals surface area (Å²) in [5.41, 5.74) is 3.63. The van der Waals surface area contributed by atoms with E-state index in [2.05, 4.69) is 15.3 Å². The summed E-state index contributed by atoms with van der Waals surface area (Å²) < 4.78 is 1.97. The first-order chi connectivity index (χ1) is 10.7. The highest BCUT2D eigenvalue weighted by atomic mass is 35.5. The molecule has 1 aliphatic heterocycles. The summed E-state index contributed by atoms with van der Waals surface area (Å²) in [5, 5.41) is 4.13. The molecule has 112 valence electrons. The molecule has 1 aliphatic rings. The maximum Gasteiger partial charge on any atom is 0.146 e. The van der Waals surface area contributed by atoms with Crippen LogP contribution in [0.25, 0.3) is 17.0 Å². The number of nitrogens with zero attached hydrogens (tertiary/aromatic N) is 4. The minimum Gasteiger partial charge on any atom is -0.307 e. The van der Waals surface area contributed by atoms with Crippen molar-refractivity contribution in [2.24, 2.45) is 0 Å².